The minimum Gasteiger partial charge on any atom is -0.455 e. The quantitative estimate of drug-likeness (QED) is 0.176. The third kappa shape index (κ3) is 5.59. The number of hydrogen-bond donors (Lipinski definition) is 0. The molecular formula is C78H42N4O4. The molecular weight excluding hydrogens is 1060 g/mol. The SMILES string of the molecule is c1ccc2c(c1)oc1c2ccc2c1c1ccccc1n2-c1cc(-n2c3ccccc3c3c4oc5ccccc5c4ccc32)c(-n2c3ccccc3c3c4oc5ccccc5c4ccc32)cc1-n1c2ccccc2c2c3oc4ccccc4c3ccc21. The van der Waals surface area contributed by atoms with Crippen LogP contribution in [0.4, 0.5) is 0 Å². The van der Waals surface area contributed by atoms with Crippen LogP contribution in [0.5, 0.6) is 0 Å². The highest BCUT2D eigenvalue weighted by atomic mass is 16.3. The summed E-state index contributed by atoms with van der Waals surface area (Å²) in [5.74, 6) is 0. The molecule has 13 aromatic carbocycles. The van der Waals surface area contributed by atoms with E-state index in [9.17, 15) is 0 Å². The van der Waals surface area contributed by atoms with Crippen molar-refractivity contribution in [2.45, 2.75) is 0 Å². The smallest absolute Gasteiger partial charge is 0.145 e. The molecule has 0 unspecified atom stereocenters. The van der Waals surface area contributed by atoms with Crippen molar-refractivity contribution in [1.82, 2.24) is 18.3 Å². The van der Waals surface area contributed by atoms with E-state index in [1.807, 2.05) is 0 Å². The van der Waals surface area contributed by atoms with E-state index in [4.69, 9.17) is 17.7 Å². The van der Waals surface area contributed by atoms with Crippen molar-refractivity contribution in [3.8, 4) is 22.7 Å². The van der Waals surface area contributed by atoms with Gasteiger partial charge in [-0.3, -0.25) is 0 Å². The van der Waals surface area contributed by atoms with Gasteiger partial charge in [0, 0.05) is 64.6 Å². The molecule has 0 aliphatic carbocycles. The van der Waals surface area contributed by atoms with Gasteiger partial charge in [0.05, 0.1) is 88.4 Å². The molecule has 0 fully saturated rings. The maximum atomic E-state index is 6.99. The van der Waals surface area contributed by atoms with E-state index >= 15 is 0 Å². The third-order valence-corrected chi connectivity index (χ3v) is 18.8. The van der Waals surface area contributed by atoms with Crippen LogP contribution in [0.2, 0.25) is 0 Å². The van der Waals surface area contributed by atoms with Gasteiger partial charge in [0.25, 0.3) is 0 Å². The van der Waals surface area contributed by atoms with E-state index in [1.54, 1.807) is 0 Å². The van der Waals surface area contributed by atoms with Crippen LogP contribution < -0.4 is 0 Å². The molecule has 0 radical (unpaired) electrons. The highest BCUT2D eigenvalue weighted by molar-refractivity contribution is 6.28. The first-order chi connectivity index (χ1) is 42.7. The molecule has 0 saturated heterocycles. The van der Waals surface area contributed by atoms with E-state index in [0.29, 0.717) is 0 Å². The summed E-state index contributed by atoms with van der Waals surface area (Å²) in [7, 11) is 0. The lowest BCUT2D eigenvalue weighted by Crippen LogP contribution is -2.10. The maximum absolute atomic E-state index is 6.99. The standard InChI is InChI=1S/C78H42N4O4/c1-9-25-55-51(21-1)71-59(37-33-47-43-17-5-13-29-67(43)83-75(47)71)79(55)63-41-65(81-57-27-11-3-23-53(57)73-61(81)39-35-49-45-19-7-15-31-69(45)85-77(49)73)66(82-58-28-12-4-24-54(58)74-62(82)40-36-50-46-20-8-16-32-70(46)86-78(50)74)42-64(63)80-56-26-10-2-22-52(56)72-60(80)38-34-48-44-18-6-14-30-68(44)84-76(48)72/h1-42H. The average Bonchev–Trinajstić information content (AvgIpc) is 1.60. The van der Waals surface area contributed by atoms with Gasteiger partial charge in [-0.15, -0.1) is 0 Å². The minimum absolute atomic E-state index is 0.859. The highest BCUT2D eigenvalue weighted by Gasteiger charge is 2.30. The molecule has 0 bridgehead atoms. The number of aromatic nitrogens is 4. The summed E-state index contributed by atoms with van der Waals surface area (Å²) >= 11 is 0. The number of benzene rings is 13. The third-order valence-electron chi connectivity index (χ3n) is 18.8. The maximum Gasteiger partial charge on any atom is 0.145 e. The Morgan fingerprint density at radius 3 is 0.628 bits per heavy atom. The van der Waals surface area contributed by atoms with Crippen LogP contribution in [0, 0.1) is 0 Å². The fourth-order valence-corrected chi connectivity index (χ4v) is 15.2. The van der Waals surface area contributed by atoms with Crippen LogP contribution >= 0.6 is 0 Å². The summed E-state index contributed by atoms with van der Waals surface area (Å²) in [4.78, 5) is 0. The zero-order chi connectivity index (χ0) is 55.6. The Morgan fingerprint density at radius 1 is 0.174 bits per heavy atom. The number of hydrogen-bond acceptors (Lipinski definition) is 4. The molecule has 8 nitrogen and oxygen atoms in total. The van der Waals surface area contributed by atoms with E-state index in [-0.39, 0.29) is 0 Å². The van der Waals surface area contributed by atoms with Gasteiger partial charge in [-0.2, -0.15) is 0 Å². The number of rotatable bonds is 4. The predicted octanol–water partition coefficient (Wildman–Crippen LogP) is 21.7. The molecule has 0 N–H and O–H groups in total. The molecule has 8 aromatic heterocycles. The normalized spacial score (nSPS) is 12.7. The number of fused-ring (bicyclic) bond motifs is 28. The van der Waals surface area contributed by atoms with Gasteiger partial charge < -0.3 is 35.9 Å². The topological polar surface area (TPSA) is 72.3 Å². The summed E-state index contributed by atoms with van der Waals surface area (Å²) in [6.45, 7) is 0. The van der Waals surface area contributed by atoms with E-state index in [0.717, 1.165) is 198 Å². The van der Waals surface area contributed by atoms with Crippen molar-refractivity contribution >= 4 is 175 Å². The van der Waals surface area contributed by atoms with Gasteiger partial charge in [0.15, 0.2) is 0 Å². The van der Waals surface area contributed by atoms with E-state index < -0.39 is 0 Å². The van der Waals surface area contributed by atoms with Gasteiger partial charge in [-0.05, 0) is 109 Å². The summed E-state index contributed by atoms with van der Waals surface area (Å²) in [6.07, 6.45) is 0. The molecule has 8 heterocycles. The Balaban J connectivity index is 0.999. The molecule has 0 spiro atoms. The largest absolute Gasteiger partial charge is 0.455 e. The summed E-state index contributed by atoms with van der Waals surface area (Å²) in [6, 6.07) is 91.8. The van der Waals surface area contributed by atoms with Gasteiger partial charge in [0.2, 0.25) is 0 Å². The molecule has 0 amide bonds. The van der Waals surface area contributed by atoms with Gasteiger partial charge in [-0.25, -0.2) is 0 Å². The highest BCUT2D eigenvalue weighted by Crippen LogP contribution is 2.50. The summed E-state index contributed by atoms with van der Waals surface area (Å²) in [5.41, 5.74) is 19.0. The Hall–Kier alpha value is -11.7. The fraction of sp³-hybridized carbons (Fsp3) is 0. The van der Waals surface area contributed by atoms with Crippen molar-refractivity contribution < 1.29 is 17.7 Å². The molecule has 8 heteroatoms. The molecule has 21 rings (SSSR count). The zero-order valence-corrected chi connectivity index (χ0v) is 45.7. The van der Waals surface area contributed by atoms with Gasteiger partial charge in [-0.1, -0.05) is 146 Å². The van der Waals surface area contributed by atoms with Crippen molar-refractivity contribution in [3.63, 3.8) is 0 Å². The van der Waals surface area contributed by atoms with Gasteiger partial charge >= 0.3 is 0 Å². The Bertz CT molecular complexity index is 5810. The van der Waals surface area contributed by atoms with Crippen molar-refractivity contribution in [1.29, 1.82) is 0 Å². The lowest BCUT2D eigenvalue weighted by atomic mass is 10.1. The van der Waals surface area contributed by atoms with Crippen LogP contribution in [-0.2, 0) is 0 Å². The molecule has 398 valence electrons. The monoisotopic (exact) mass is 1100 g/mol. The van der Waals surface area contributed by atoms with E-state index in [2.05, 4.69) is 273 Å². The van der Waals surface area contributed by atoms with Crippen LogP contribution in [0.1, 0.15) is 0 Å². The first kappa shape index (κ1) is 44.9. The van der Waals surface area contributed by atoms with Crippen LogP contribution in [-0.4, -0.2) is 18.3 Å². The number of para-hydroxylation sites is 8. The number of furan rings is 4. The van der Waals surface area contributed by atoms with E-state index in [1.165, 1.54) is 0 Å². The molecule has 86 heavy (non-hydrogen) atoms. The Kier molecular flexibility index (Phi) is 8.38. The fourth-order valence-electron chi connectivity index (χ4n) is 15.2. The lowest BCUT2D eigenvalue weighted by Gasteiger charge is -2.23. The lowest BCUT2D eigenvalue weighted by molar-refractivity contribution is 0.672. The van der Waals surface area contributed by atoms with Crippen molar-refractivity contribution in [2.75, 3.05) is 0 Å². The summed E-state index contributed by atoms with van der Waals surface area (Å²) < 4.78 is 37.9. The second-order valence-electron chi connectivity index (χ2n) is 23.0. The Labute approximate surface area is 485 Å². The van der Waals surface area contributed by atoms with Gasteiger partial charge in [0.1, 0.15) is 44.7 Å². The van der Waals surface area contributed by atoms with Crippen LogP contribution in [0.25, 0.3) is 198 Å². The molecule has 21 aromatic rings. The minimum atomic E-state index is 0.859. The molecule has 0 aliphatic heterocycles. The van der Waals surface area contributed by atoms with Crippen LogP contribution in [0.15, 0.2) is 272 Å². The van der Waals surface area contributed by atoms with Crippen molar-refractivity contribution in [3.05, 3.63) is 255 Å². The van der Waals surface area contributed by atoms with Crippen molar-refractivity contribution in [2.24, 2.45) is 0 Å². The predicted molar refractivity (Wildman–Crippen MR) is 353 cm³/mol. The zero-order valence-electron chi connectivity index (χ0n) is 45.7. The van der Waals surface area contributed by atoms with Crippen LogP contribution in [0.3, 0.4) is 0 Å². The average molecular weight is 1100 g/mol. The second kappa shape index (κ2) is 16.1. The molecule has 0 atom stereocenters. The second-order valence-corrected chi connectivity index (χ2v) is 23.0. The molecule has 0 saturated carbocycles. The Morgan fingerprint density at radius 2 is 0.384 bits per heavy atom. The summed E-state index contributed by atoms with van der Waals surface area (Å²) in [5, 5.41) is 17.3. The molecule has 0 aliphatic rings. The number of nitrogens with zero attached hydrogens (tertiary/aromatic N) is 4. The first-order valence-electron chi connectivity index (χ1n) is 29.2. The first-order valence-corrected chi connectivity index (χ1v) is 29.2.